The van der Waals surface area contributed by atoms with Crippen molar-refractivity contribution in [3.8, 4) is 11.4 Å². The first kappa shape index (κ1) is 13.4. The van der Waals surface area contributed by atoms with Gasteiger partial charge in [-0.25, -0.2) is 0 Å². The van der Waals surface area contributed by atoms with Crippen molar-refractivity contribution < 1.29 is 4.68 Å². The average molecular weight is 259 g/mol. The number of aromatic nitrogens is 4. The fourth-order valence-electron chi connectivity index (χ4n) is 1.79. The zero-order chi connectivity index (χ0) is 14.0. The van der Waals surface area contributed by atoms with Crippen LogP contribution in [0.1, 0.15) is 39.8 Å². The predicted molar refractivity (Wildman–Crippen MR) is 72.7 cm³/mol. The van der Waals surface area contributed by atoms with Gasteiger partial charge in [-0.05, 0) is 27.7 Å². The van der Waals surface area contributed by atoms with Crippen LogP contribution in [0.25, 0.3) is 11.4 Å². The Bertz CT molecular complexity index is 585. The normalized spacial score (nSPS) is 11.3. The molecule has 0 aliphatic carbocycles. The molecule has 100 valence electrons. The van der Waals surface area contributed by atoms with E-state index in [1.165, 1.54) is 9.36 Å². The molecular formula is C14H19N4O+. The van der Waals surface area contributed by atoms with Crippen LogP contribution in [0.3, 0.4) is 0 Å². The fourth-order valence-corrected chi connectivity index (χ4v) is 1.79. The molecule has 0 atom stereocenters. The third-order valence-corrected chi connectivity index (χ3v) is 2.81. The van der Waals surface area contributed by atoms with E-state index < -0.39 is 0 Å². The van der Waals surface area contributed by atoms with Crippen LogP contribution in [0.2, 0.25) is 0 Å². The summed E-state index contributed by atoms with van der Waals surface area (Å²) in [6, 6.07) is 9.70. The van der Waals surface area contributed by atoms with Gasteiger partial charge in [0.25, 0.3) is 0 Å². The summed E-state index contributed by atoms with van der Waals surface area (Å²) >= 11 is 0. The van der Waals surface area contributed by atoms with Gasteiger partial charge in [0.1, 0.15) is 12.1 Å². The monoisotopic (exact) mass is 259 g/mol. The minimum Gasteiger partial charge on any atom is -0.193 e. The van der Waals surface area contributed by atoms with Gasteiger partial charge in [0.15, 0.2) is 0 Å². The van der Waals surface area contributed by atoms with Crippen molar-refractivity contribution in [2.24, 2.45) is 0 Å². The molecule has 0 bridgehead atoms. The van der Waals surface area contributed by atoms with Gasteiger partial charge in [0.05, 0.1) is 0 Å². The third kappa shape index (κ3) is 2.70. The van der Waals surface area contributed by atoms with E-state index in [0.717, 1.165) is 5.56 Å². The minimum absolute atomic E-state index is 0.00274. The number of benzene rings is 1. The summed E-state index contributed by atoms with van der Waals surface area (Å²) in [4.78, 5) is 12.2. The second-order valence-corrected chi connectivity index (χ2v) is 5.05. The summed E-state index contributed by atoms with van der Waals surface area (Å²) in [5, 5.41) is 8.71. The number of hydrogen-bond donors (Lipinski definition) is 0. The zero-order valence-electron chi connectivity index (χ0n) is 11.7. The smallest absolute Gasteiger partial charge is 0.193 e. The van der Waals surface area contributed by atoms with E-state index in [-0.39, 0.29) is 17.8 Å². The number of rotatable bonds is 3. The molecule has 2 aromatic rings. The van der Waals surface area contributed by atoms with E-state index in [4.69, 9.17) is 0 Å². The molecule has 5 heteroatoms. The maximum Gasteiger partial charge on any atom is 0.540 e. The molecule has 0 aliphatic heterocycles. The highest BCUT2D eigenvalue weighted by Crippen LogP contribution is 2.11. The average Bonchev–Trinajstić information content (AvgIpc) is 2.39. The van der Waals surface area contributed by atoms with Crippen LogP contribution in [-0.4, -0.2) is 14.9 Å². The highest BCUT2D eigenvalue weighted by atomic mass is 16.2. The molecule has 0 unspecified atom stereocenters. The first-order valence-electron chi connectivity index (χ1n) is 6.49. The van der Waals surface area contributed by atoms with Gasteiger partial charge >= 0.3 is 5.69 Å². The Morgan fingerprint density at radius 2 is 1.74 bits per heavy atom. The van der Waals surface area contributed by atoms with Gasteiger partial charge in [0.2, 0.25) is 5.82 Å². The largest absolute Gasteiger partial charge is 0.540 e. The van der Waals surface area contributed by atoms with Crippen molar-refractivity contribution in [2.75, 3.05) is 0 Å². The van der Waals surface area contributed by atoms with E-state index in [0.29, 0.717) is 5.82 Å². The molecule has 1 aromatic carbocycles. The Kier molecular flexibility index (Phi) is 3.74. The van der Waals surface area contributed by atoms with Gasteiger partial charge in [-0.2, -0.15) is 4.79 Å². The lowest BCUT2D eigenvalue weighted by Gasteiger charge is -2.07. The number of hydrogen-bond acceptors (Lipinski definition) is 3. The van der Waals surface area contributed by atoms with E-state index >= 15 is 0 Å². The van der Waals surface area contributed by atoms with Gasteiger partial charge in [-0.1, -0.05) is 49.9 Å². The molecule has 19 heavy (non-hydrogen) atoms. The second kappa shape index (κ2) is 5.30. The maximum absolute atomic E-state index is 12.2. The lowest BCUT2D eigenvalue weighted by molar-refractivity contribution is -0.788. The molecule has 0 spiro atoms. The molecule has 0 aliphatic rings. The lowest BCUT2D eigenvalue weighted by atomic mass is 10.2. The van der Waals surface area contributed by atoms with Gasteiger partial charge in [-0.3, -0.25) is 0 Å². The van der Waals surface area contributed by atoms with Crippen molar-refractivity contribution in [1.29, 1.82) is 0 Å². The molecule has 2 rings (SSSR count). The van der Waals surface area contributed by atoms with Crippen LogP contribution < -0.4 is 10.4 Å². The fraction of sp³-hybridized carbons (Fsp3) is 0.429. The minimum atomic E-state index is -0.176. The summed E-state index contributed by atoms with van der Waals surface area (Å²) in [7, 11) is 0. The van der Waals surface area contributed by atoms with E-state index in [2.05, 4.69) is 10.2 Å². The highest BCUT2D eigenvalue weighted by Gasteiger charge is 2.22. The summed E-state index contributed by atoms with van der Waals surface area (Å²) in [5.41, 5.74) is 0.732. The Balaban J connectivity index is 2.67. The van der Waals surface area contributed by atoms with Crippen LogP contribution >= 0.6 is 0 Å². The van der Waals surface area contributed by atoms with Crippen LogP contribution in [0.5, 0.6) is 0 Å². The Morgan fingerprint density at radius 3 is 2.26 bits per heavy atom. The topological polar surface area (TPSA) is 51.7 Å². The molecule has 0 N–H and O–H groups in total. The first-order valence-corrected chi connectivity index (χ1v) is 6.49. The van der Waals surface area contributed by atoms with E-state index in [9.17, 15) is 4.79 Å². The molecule has 5 nitrogen and oxygen atoms in total. The molecule has 0 fully saturated rings. The van der Waals surface area contributed by atoms with Gasteiger partial charge in [-0.15, -0.1) is 0 Å². The Morgan fingerprint density at radius 1 is 1.11 bits per heavy atom. The molecular weight excluding hydrogens is 240 g/mol. The van der Waals surface area contributed by atoms with Crippen LogP contribution in [-0.2, 0) is 0 Å². The van der Waals surface area contributed by atoms with Crippen molar-refractivity contribution in [2.45, 2.75) is 39.8 Å². The summed E-state index contributed by atoms with van der Waals surface area (Å²) in [6.07, 6.45) is 0. The highest BCUT2D eigenvalue weighted by molar-refractivity contribution is 5.52. The number of nitrogens with zero attached hydrogens (tertiary/aromatic N) is 4. The summed E-state index contributed by atoms with van der Waals surface area (Å²) < 4.78 is 2.96. The van der Waals surface area contributed by atoms with Crippen molar-refractivity contribution >= 4 is 0 Å². The maximum atomic E-state index is 12.2. The first-order chi connectivity index (χ1) is 9.00. The molecule has 1 aromatic heterocycles. The Labute approximate surface area is 112 Å². The third-order valence-electron chi connectivity index (χ3n) is 2.81. The molecule has 0 saturated heterocycles. The SMILES string of the molecule is CC(C)n1nc(-c2ccccc2)n[n+](C(C)C)c1=O. The van der Waals surface area contributed by atoms with Crippen LogP contribution in [0.4, 0.5) is 0 Å². The lowest BCUT2D eigenvalue weighted by Crippen LogP contribution is -2.59. The van der Waals surface area contributed by atoms with Gasteiger partial charge in [0, 0.05) is 5.56 Å². The predicted octanol–water partition coefficient (Wildman–Crippen LogP) is 1.75. The molecule has 0 amide bonds. The summed E-state index contributed by atoms with van der Waals surface area (Å²) in [6.45, 7) is 7.75. The Hall–Kier alpha value is -2.04. The second-order valence-electron chi connectivity index (χ2n) is 5.05. The van der Waals surface area contributed by atoms with Crippen molar-refractivity contribution in [3.05, 3.63) is 40.8 Å². The standard InChI is InChI=1S/C14H19N4O/c1-10(2)17-14(19)18(11(3)4)16-13(15-17)12-8-6-5-7-9-12/h5-11H,1-4H3/q+1. The molecule has 1 heterocycles. The zero-order valence-corrected chi connectivity index (χ0v) is 11.7. The van der Waals surface area contributed by atoms with Crippen LogP contribution in [0, 0.1) is 0 Å². The van der Waals surface area contributed by atoms with Crippen molar-refractivity contribution in [3.63, 3.8) is 0 Å². The van der Waals surface area contributed by atoms with E-state index in [1.54, 1.807) is 0 Å². The van der Waals surface area contributed by atoms with Crippen LogP contribution in [0.15, 0.2) is 35.1 Å². The van der Waals surface area contributed by atoms with E-state index in [1.807, 2.05) is 58.0 Å². The molecule has 0 radical (unpaired) electrons. The van der Waals surface area contributed by atoms with Gasteiger partial charge < -0.3 is 0 Å². The van der Waals surface area contributed by atoms with Crippen molar-refractivity contribution in [1.82, 2.24) is 14.9 Å². The quantitative estimate of drug-likeness (QED) is 0.789. The summed E-state index contributed by atoms with van der Waals surface area (Å²) in [5.74, 6) is 0.572. The molecule has 0 saturated carbocycles.